The van der Waals surface area contributed by atoms with Gasteiger partial charge in [-0.3, -0.25) is 9.59 Å². The fourth-order valence-electron chi connectivity index (χ4n) is 4.95. The van der Waals surface area contributed by atoms with Crippen LogP contribution in [0.2, 0.25) is 0 Å². The Bertz CT molecular complexity index is 1450. The van der Waals surface area contributed by atoms with E-state index < -0.39 is 0 Å². The smallest absolute Gasteiger partial charge is 0.196 e. The SMILES string of the molecule is CC(C)N(c1c(Oc2ccccc2)c(Oc2ccccc2)cc2c1C(=O)c1ccccc1C2=O)C(C)C. The van der Waals surface area contributed by atoms with Crippen LogP contribution in [0.3, 0.4) is 0 Å². The molecule has 5 rings (SSSR count). The van der Waals surface area contributed by atoms with Crippen LogP contribution in [0.4, 0.5) is 5.69 Å². The summed E-state index contributed by atoms with van der Waals surface area (Å²) in [6.45, 7) is 8.25. The van der Waals surface area contributed by atoms with Crippen molar-refractivity contribution in [3.63, 3.8) is 0 Å². The van der Waals surface area contributed by atoms with Crippen molar-refractivity contribution in [1.82, 2.24) is 0 Å². The van der Waals surface area contributed by atoms with E-state index in [2.05, 4.69) is 32.6 Å². The van der Waals surface area contributed by atoms with Crippen LogP contribution in [0.5, 0.6) is 23.0 Å². The zero-order valence-corrected chi connectivity index (χ0v) is 21.4. The molecule has 0 saturated heterocycles. The summed E-state index contributed by atoms with van der Waals surface area (Å²) in [7, 11) is 0. The zero-order valence-electron chi connectivity index (χ0n) is 21.4. The predicted molar refractivity (Wildman–Crippen MR) is 146 cm³/mol. The molecule has 4 aromatic rings. The van der Waals surface area contributed by atoms with Crippen LogP contribution in [-0.2, 0) is 0 Å². The first-order valence-electron chi connectivity index (χ1n) is 12.5. The van der Waals surface area contributed by atoms with Crippen molar-refractivity contribution in [3.05, 3.63) is 113 Å². The average Bonchev–Trinajstić information content (AvgIpc) is 2.89. The topological polar surface area (TPSA) is 55.8 Å². The molecule has 0 spiro atoms. The highest BCUT2D eigenvalue weighted by Gasteiger charge is 2.38. The molecule has 0 N–H and O–H groups in total. The van der Waals surface area contributed by atoms with Gasteiger partial charge >= 0.3 is 0 Å². The molecule has 0 atom stereocenters. The highest BCUT2D eigenvalue weighted by Crippen LogP contribution is 2.49. The summed E-state index contributed by atoms with van der Waals surface area (Å²) in [6, 6.07) is 27.4. The molecule has 1 aliphatic carbocycles. The molecule has 0 aromatic heterocycles. The van der Waals surface area contributed by atoms with E-state index in [1.54, 1.807) is 30.3 Å². The van der Waals surface area contributed by atoms with Gasteiger partial charge in [0, 0.05) is 28.8 Å². The van der Waals surface area contributed by atoms with Crippen molar-refractivity contribution in [2.24, 2.45) is 0 Å². The highest BCUT2D eigenvalue weighted by molar-refractivity contribution is 6.30. The van der Waals surface area contributed by atoms with Crippen LogP contribution in [0.15, 0.2) is 91.0 Å². The summed E-state index contributed by atoms with van der Waals surface area (Å²) in [5.74, 6) is 1.57. The first-order chi connectivity index (χ1) is 17.9. The Hall–Kier alpha value is -4.38. The van der Waals surface area contributed by atoms with E-state index in [1.165, 1.54) is 0 Å². The molecule has 1 aliphatic rings. The molecule has 0 aliphatic heterocycles. The number of hydrogen-bond donors (Lipinski definition) is 0. The molecule has 0 heterocycles. The highest BCUT2D eigenvalue weighted by atomic mass is 16.5. The summed E-state index contributed by atoms with van der Waals surface area (Å²) in [6.07, 6.45) is 0. The molecule has 0 unspecified atom stereocenters. The Morgan fingerprint density at radius 1 is 0.595 bits per heavy atom. The van der Waals surface area contributed by atoms with E-state index in [-0.39, 0.29) is 23.7 Å². The fraction of sp³-hybridized carbons (Fsp3) is 0.188. The molecule has 5 heteroatoms. The van der Waals surface area contributed by atoms with Crippen molar-refractivity contribution in [3.8, 4) is 23.0 Å². The normalized spacial score (nSPS) is 12.4. The summed E-state index contributed by atoms with van der Waals surface area (Å²) in [5.41, 5.74) is 2.02. The molecule has 186 valence electrons. The molecule has 0 radical (unpaired) electrons. The van der Waals surface area contributed by atoms with Crippen LogP contribution in [0, 0.1) is 0 Å². The first-order valence-corrected chi connectivity index (χ1v) is 12.5. The van der Waals surface area contributed by atoms with Crippen LogP contribution in [0.25, 0.3) is 0 Å². The molecule has 5 nitrogen and oxygen atoms in total. The maximum absolute atomic E-state index is 14.0. The lowest BCUT2D eigenvalue weighted by Gasteiger charge is -2.37. The minimum atomic E-state index is -0.205. The quantitative estimate of drug-likeness (QED) is 0.234. The summed E-state index contributed by atoms with van der Waals surface area (Å²) in [4.78, 5) is 29.9. The Morgan fingerprint density at radius 2 is 1.08 bits per heavy atom. The number of ketones is 2. The summed E-state index contributed by atoms with van der Waals surface area (Å²) >= 11 is 0. The van der Waals surface area contributed by atoms with E-state index >= 15 is 0 Å². The Balaban J connectivity index is 1.84. The lowest BCUT2D eigenvalue weighted by atomic mass is 9.82. The third kappa shape index (κ3) is 4.49. The van der Waals surface area contributed by atoms with Crippen LogP contribution < -0.4 is 14.4 Å². The van der Waals surface area contributed by atoms with Gasteiger partial charge in [0.1, 0.15) is 11.5 Å². The second kappa shape index (κ2) is 9.94. The van der Waals surface area contributed by atoms with Crippen molar-refractivity contribution in [2.75, 3.05) is 4.90 Å². The number of para-hydroxylation sites is 2. The molecule has 0 saturated carbocycles. The van der Waals surface area contributed by atoms with Gasteiger partial charge in [-0.15, -0.1) is 0 Å². The number of benzene rings is 4. The van der Waals surface area contributed by atoms with E-state index in [0.29, 0.717) is 50.9 Å². The molecule has 37 heavy (non-hydrogen) atoms. The maximum atomic E-state index is 14.0. The largest absolute Gasteiger partial charge is 0.453 e. The van der Waals surface area contributed by atoms with E-state index in [0.717, 1.165) is 0 Å². The van der Waals surface area contributed by atoms with Gasteiger partial charge in [-0.25, -0.2) is 0 Å². The van der Waals surface area contributed by atoms with E-state index in [4.69, 9.17) is 9.47 Å². The monoisotopic (exact) mass is 491 g/mol. The van der Waals surface area contributed by atoms with Gasteiger partial charge in [0.2, 0.25) is 0 Å². The Labute approximate surface area is 217 Å². The van der Waals surface area contributed by atoms with Gasteiger partial charge in [0.25, 0.3) is 0 Å². The number of nitrogens with zero attached hydrogens (tertiary/aromatic N) is 1. The van der Waals surface area contributed by atoms with Gasteiger partial charge in [-0.2, -0.15) is 0 Å². The second-order valence-electron chi connectivity index (χ2n) is 9.60. The standard InChI is InChI=1S/C32H29NO4/c1-20(2)33(21(3)4)29-28-26(30(34)24-17-11-12-18-25(24)31(28)35)19-27(36-22-13-7-5-8-14-22)32(29)37-23-15-9-6-10-16-23/h5-21H,1-4H3. The number of hydrogen-bond acceptors (Lipinski definition) is 5. The van der Waals surface area contributed by atoms with Gasteiger partial charge in [0.15, 0.2) is 23.1 Å². The lowest BCUT2D eigenvalue weighted by Crippen LogP contribution is -2.39. The van der Waals surface area contributed by atoms with E-state index in [9.17, 15) is 9.59 Å². The first kappa shape index (κ1) is 24.3. The lowest BCUT2D eigenvalue weighted by molar-refractivity contribution is 0.0979. The van der Waals surface area contributed by atoms with Crippen molar-refractivity contribution in [1.29, 1.82) is 0 Å². The predicted octanol–water partition coefficient (Wildman–Crippen LogP) is 7.67. The minimum Gasteiger partial charge on any atom is -0.453 e. The zero-order chi connectivity index (χ0) is 26.1. The molecular formula is C32H29NO4. The molecule has 0 amide bonds. The van der Waals surface area contributed by atoms with Gasteiger partial charge in [-0.05, 0) is 58.0 Å². The molecule has 0 fully saturated rings. The third-order valence-corrected chi connectivity index (χ3v) is 6.41. The van der Waals surface area contributed by atoms with Crippen molar-refractivity contribution in [2.45, 2.75) is 39.8 Å². The molecular weight excluding hydrogens is 462 g/mol. The fourth-order valence-corrected chi connectivity index (χ4v) is 4.95. The summed E-state index contributed by atoms with van der Waals surface area (Å²) in [5, 5.41) is 0. The Kier molecular flexibility index (Phi) is 6.53. The van der Waals surface area contributed by atoms with Gasteiger partial charge < -0.3 is 14.4 Å². The Morgan fingerprint density at radius 3 is 1.62 bits per heavy atom. The van der Waals surface area contributed by atoms with Crippen LogP contribution in [-0.4, -0.2) is 23.7 Å². The minimum absolute atomic E-state index is 0.00858. The van der Waals surface area contributed by atoms with Crippen LogP contribution in [0.1, 0.15) is 59.5 Å². The number of ether oxygens (including phenoxy) is 2. The second-order valence-corrected chi connectivity index (χ2v) is 9.60. The van der Waals surface area contributed by atoms with Crippen molar-refractivity contribution >= 4 is 17.3 Å². The van der Waals surface area contributed by atoms with E-state index in [1.807, 2.05) is 60.7 Å². The molecule has 0 bridgehead atoms. The van der Waals surface area contributed by atoms with Gasteiger partial charge in [-0.1, -0.05) is 60.7 Å². The maximum Gasteiger partial charge on any atom is 0.196 e. The number of fused-ring (bicyclic) bond motifs is 2. The summed E-state index contributed by atoms with van der Waals surface area (Å²) < 4.78 is 12.9. The number of carbonyl (C=O) groups excluding carboxylic acids is 2. The average molecular weight is 492 g/mol. The number of rotatable bonds is 7. The number of anilines is 1. The number of carbonyl (C=O) groups is 2. The van der Waals surface area contributed by atoms with Crippen LogP contribution >= 0.6 is 0 Å². The third-order valence-electron chi connectivity index (χ3n) is 6.41. The van der Waals surface area contributed by atoms with Gasteiger partial charge in [0.05, 0.1) is 11.3 Å². The molecule has 4 aromatic carbocycles. The van der Waals surface area contributed by atoms with Crippen molar-refractivity contribution < 1.29 is 19.1 Å².